The molecule has 5 rings (SSSR count). The summed E-state index contributed by atoms with van der Waals surface area (Å²) in [7, 11) is 0. The predicted octanol–water partition coefficient (Wildman–Crippen LogP) is 6.34. The molecule has 2 heterocycles. The Labute approximate surface area is 173 Å². The molecule has 0 aliphatic carbocycles. The van der Waals surface area contributed by atoms with Crippen molar-refractivity contribution in [3.8, 4) is 51.2 Å². The van der Waals surface area contributed by atoms with Crippen LogP contribution in [0, 0.1) is 6.92 Å². The average Bonchev–Trinajstić information content (AvgIpc) is 3.39. The van der Waals surface area contributed by atoms with Crippen LogP contribution in [0.2, 0.25) is 0 Å². The number of nitrogens with zero attached hydrogens (tertiary/aromatic N) is 2. The van der Waals surface area contributed by atoms with E-state index in [4.69, 9.17) is 13.8 Å². The monoisotopic (exact) mass is 394 g/mol. The van der Waals surface area contributed by atoms with E-state index in [0.717, 1.165) is 16.8 Å². The summed E-state index contributed by atoms with van der Waals surface area (Å²) in [6, 6.07) is 26.6. The minimum Gasteiger partial charge on any atom is -0.508 e. The highest BCUT2D eigenvalue weighted by Gasteiger charge is 2.24. The van der Waals surface area contributed by atoms with Crippen LogP contribution in [0.1, 0.15) is 5.89 Å². The second kappa shape index (κ2) is 7.37. The normalized spacial score (nSPS) is 11.0. The zero-order chi connectivity index (χ0) is 20.5. The summed E-state index contributed by atoms with van der Waals surface area (Å²) in [5.74, 6) is 2.17. The first-order valence-electron chi connectivity index (χ1n) is 9.58. The molecule has 0 spiro atoms. The lowest BCUT2D eigenvalue weighted by Crippen LogP contribution is -1.84. The number of rotatable bonds is 4. The second-order valence-corrected chi connectivity index (χ2v) is 6.89. The van der Waals surface area contributed by atoms with Gasteiger partial charge in [0.25, 0.3) is 0 Å². The molecule has 0 radical (unpaired) electrons. The molecule has 0 aliphatic rings. The Bertz CT molecular complexity index is 1250. The second-order valence-electron chi connectivity index (χ2n) is 6.89. The van der Waals surface area contributed by atoms with Gasteiger partial charge in [-0.25, -0.2) is 9.97 Å². The molecule has 30 heavy (non-hydrogen) atoms. The summed E-state index contributed by atoms with van der Waals surface area (Å²) in [5.41, 5.74) is 3.81. The minimum absolute atomic E-state index is 0.148. The van der Waals surface area contributed by atoms with Crippen molar-refractivity contribution in [3.63, 3.8) is 0 Å². The van der Waals surface area contributed by atoms with Crippen LogP contribution in [0.15, 0.2) is 93.8 Å². The Balaban J connectivity index is 1.71. The highest BCUT2D eigenvalue weighted by Crippen LogP contribution is 2.39. The molecule has 0 atom stereocenters. The standard InChI is InChI=1S/C25H18N2O3/c1-16-26-22(24(29-16)19-13-8-14-20(28)15-19)25-27-21(17-9-4-2-5-10-17)23(30-25)18-11-6-3-7-12-18/h2-15,28H,1H3. The average molecular weight is 394 g/mol. The molecule has 0 saturated heterocycles. The molecule has 0 unspecified atom stereocenters. The highest BCUT2D eigenvalue weighted by molar-refractivity contribution is 5.81. The fraction of sp³-hybridized carbons (Fsp3) is 0.0400. The van der Waals surface area contributed by atoms with Gasteiger partial charge >= 0.3 is 0 Å². The van der Waals surface area contributed by atoms with Gasteiger partial charge in [-0.15, -0.1) is 0 Å². The van der Waals surface area contributed by atoms with Crippen LogP contribution in [-0.4, -0.2) is 15.1 Å². The predicted molar refractivity (Wildman–Crippen MR) is 115 cm³/mol. The lowest BCUT2D eigenvalue weighted by Gasteiger charge is -2.00. The number of phenols is 1. The maximum Gasteiger partial charge on any atom is 0.250 e. The molecule has 0 fully saturated rings. The lowest BCUT2D eigenvalue weighted by molar-refractivity contribution is 0.474. The summed E-state index contributed by atoms with van der Waals surface area (Å²) in [4.78, 5) is 9.32. The molecule has 3 aromatic carbocycles. The number of aryl methyl sites for hydroxylation is 1. The van der Waals surface area contributed by atoms with Crippen molar-refractivity contribution in [2.45, 2.75) is 6.92 Å². The van der Waals surface area contributed by atoms with Gasteiger partial charge in [0.1, 0.15) is 11.4 Å². The van der Waals surface area contributed by atoms with E-state index in [2.05, 4.69) is 4.98 Å². The third kappa shape index (κ3) is 3.26. The van der Waals surface area contributed by atoms with E-state index in [1.165, 1.54) is 0 Å². The molecular weight excluding hydrogens is 376 g/mol. The quantitative estimate of drug-likeness (QED) is 0.385. The molecule has 2 aromatic heterocycles. The van der Waals surface area contributed by atoms with Gasteiger partial charge in [0.15, 0.2) is 23.1 Å². The van der Waals surface area contributed by atoms with Gasteiger partial charge in [0, 0.05) is 23.6 Å². The first-order valence-corrected chi connectivity index (χ1v) is 9.58. The van der Waals surface area contributed by atoms with Crippen LogP contribution in [0.25, 0.3) is 45.5 Å². The molecule has 5 nitrogen and oxygen atoms in total. The summed E-state index contributed by atoms with van der Waals surface area (Å²) in [6.45, 7) is 1.77. The molecule has 1 N–H and O–H groups in total. The number of benzene rings is 3. The van der Waals surface area contributed by atoms with Gasteiger partial charge in [0.2, 0.25) is 5.89 Å². The summed E-state index contributed by atoms with van der Waals surface area (Å²) in [6.07, 6.45) is 0. The van der Waals surface area contributed by atoms with Crippen molar-refractivity contribution >= 4 is 0 Å². The number of aromatic hydroxyl groups is 1. The number of aromatic nitrogens is 2. The van der Waals surface area contributed by atoms with Crippen molar-refractivity contribution in [1.29, 1.82) is 0 Å². The Kier molecular flexibility index (Phi) is 4.41. The van der Waals surface area contributed by atoms with Crippen LogP contribution >= 0.6 is 0 Å². The number of hydrogen-bond donors (Lipinski definition) is 1. The molecule has 0 aliphatic heterocycles. The van der Waals surface area contributed by atoms with E-state index in [0.29, 0.717) is 34.6 Å². The van der Waals surface area contributed by atoms with Crippen LogP contribution in [0.3, 0.4) is 0 Å². The third-order valence-corrected chi connectivity index (χ3v) is 4.76. The Morgan fingerprint density at radius 1 is 0.633 bits per heavy atom. The topological polar surface area (TPSA) is 72.3 Å². The lowest BCUT2D eigenvalue weighted by atomic mass is 10.1. The van der Waals surface area contributed by atoms with Gasteiger partial charge in [0.05, 0.1) is 0 Å². The molecule has 0 saturated carbocycles. The highest BCUT2D eigenvalue weighted by atomic mass is 16.4. The van der Waals surface area contributed by atoms with E-state index in [9.17, 15) is 5.11 Å². The Hall–Kier alpha value is -4.12. The van der Waals surface area contributed by atoms with Crippen LogP contribution in [0.5, 0.6) is 5.75 Å². The van der Waals surface area contributed by atoms with Crippen molar-refractivity contribution < 1.29 is 13.9 Å². The summed E-state index contributed by atoms with van der Waals surface area (Å²) >= 11 is 0. The maximum absolute atomic E-state index is 9.89. The molecule has 0 amide bonds. The van der Waals surface area contributed by atoms with Gasteiger partial charge in [-0.1, -0.05) is 72.8 Å². The molecule has 146 valence electrons. The Morgan fingerprint density at radius 3 is 1.97 bits per heavy atom. The SMILES string of the molecule is Cc1nc(-c2nc(-c3ccccc3)c(-c3ccccc3)o2)c(-c2cccc(O)c2)o1. The molecule has 5 aromatic rings. The van der Waals surface area contributed by atoms with Gasteiger partial charge in [-0.05, 0) is 12.1 Å². The number of oxazole rings is 2. The summed E-state index contributed by atoms with van der Waals surface area (Å²) < 4.78 is 12.1. The zero-order valence-corrected chi connectivity index (χ0v) is 16.2. The largest absolute Gasteiger partial charge is 0.508 e. The van der Waals surface area contributed by atoms with Gasteiger partial charge in [-0.3, -0.25) is 0 Å². The van der Waals surface area contributed by atoms with E-state index < -0.39 is 0 Å². The maximum atomic E-state index is 9.89. The van der Waals surface area contributed by atoms with E-state index in [1.54, 1.807) is 25.1 Å². The minimum atomic E-state index is 0.148. The van der Waals surface area contributed by atoms with Crippen molar-refractivity contribution in [2.75, 3.05) is 0 Å². The van der Waals surface area contributed by atoms with Crippen LogP contribution in [0.4, 0.5) is 0 Å². The first-order chi connectivity index (χ1) is 14.7. The van der Waals surface area contributed by atoms with Crippen molar-refractivity contribution in [3.05, 3.63) is 90.8 Å². The number of hydrogen-bond acceptors (Lipinski definition) is 5. The smallest absolute Gasteiger partial charge is 0.250 e. The zero-order valence-electron chi connectivity index (χ0n) is 16.2. The van der Waals surface area contributed by atoms with Gasteiger partial charge in [-0.2, -0.15) is 0 Å². The van der Waals surface area contributed by atoms with Crippen LogP contribution < -0.4 is 0 Å². The number of phenolic OH excluding ortho intramolecular Hbond substituents is 1. The van der Waals surface area contributed by atoms with Crippen molar-refractivity contribution in [2.24, 2.45) is 0 Å². The first kappa shape index (κ1) is 17.9. The van der Waals surface area contributed by atoms with Crippen molar-refractivity contribution in [1.82, 2.24) is 9.97 Å². The fourth-order valence-electron chi connectivity index (χ4n) is 3.41. The third-order valence-electron chi connectivity index (χ3n) is 4.76. The van der Waals surface area contributed by atoms with Crippen LogP contribution in [-0.2, 0) is 0 Å². The fourth-order valence-corrected chi connectivity index (χ4v) is 3.41. The van der Waals surface area contributed by atoms with E-state index in [1.807, 2.05) is 66.7 Å². The molecule has 5 heteroatoms. The molecule has 0 bridgehead atoms. The van der Waals surface area contributed by atoms with Gasteiger partial charge < -0.3 is 13.9 Å². The van der Waals surface area contributed by atoms with E-state index >= 15 is 0 Å². The Morgan fingerprint density at radius 2 is 1.27 bits per heavy atom. The van der Waals surface area contributed by atoms with E-state index in [-0.39, 0.29) is 5.75 Å². The molecular formula is C25H18N2O3. The summed E-state index contributed by atoms with van der Waals surface area (Å²) in [5, 5.41) is 9.89.